The molecule has 0 saturated heterocycles. The minimum Gasteiger partial charge on any atom is -0.478 e. The number of anilines is 1. The van der Waals surface area contributed by atoms with E-state index in [9.17, 15) is 15.0 Å². The minimum atomic E-state index is -2.06. The first kappa shape index (κ1) is 16.9. The van der Waals surface area contributed by atoms with Gasteiger partial charge < -0.3 is 20.6 Å². The van der Waals surface area contributed by atoms with Gasteiger partial charge in [0.2, 0.25) is 5.91 Å². The summed E-state index contributed by atoms with van der Waals surface area (Å²) >= 11 is 6.06. The molecule has 0 radical (unpaired) electrons. The molecule has 0 fully saturated rings. The largest absolute Gasteiger partial charge is 0.478 e. The van der Waals surface area contributed by atoms with Gasteiger partial charge >= 0.3 is 5.97 Å². The van der Waals surface area contributed by atoms with Gasteiger partial charge in [0.25, 0.3) is 0 Å². The fourth-order valence-electron chi connectivity index (χ4n) is 1.72. The van der Waals surface area contributed by atoms with Crippen LogP contribution < -0.4 is 5.32 Å². The first-order valence-electron chi connectivity index (χ1n) is 6.52. The van der Waals surface area contributed by atoms with E-state index >= 15 is 0 Å². The summed E-state index contributed by atoms with van der Waals surface area (Å²) in [6.45, 7) is 1.18. The van der Waals surface area contributed by atoms with Crippen LogP contribution in [0.1, 0.15) is 17.3 Å². The van der Waals surface area contributed by atoms with Gasteiger partial charge in [-0.3, -0.25) is 0 Å². The molecule has 0 saturated carbocycles. The Balaban J connectivity index is 2.14. The fraction of sp³-hybridized carbons (Fsp3) is 0.133. The van der Waals surface area contributed by atoms with Crippen molar-refractivity contribution in [3.8, 4) is 0 Å². The number of aliphatic hydroxyl groups is 2. The van der Waals surface area contributed by atoms with E-state index in [0.29, 0.717) is 17.1 Å². The number of carboxylic acids is 1. The van der Waals surface area contributed by atoms with Crippen LogP contribution in [0.4, 0.5) is 17.1 Å². The molecule has 2 aromatic rings. The normalized spacial score (nSPS) is 11.7. The number of hydrogen-bond acceptors (Lipinski definition) is 6. The summed E-state index contributed by atoms with van der Waals surface area (Å²) in [5, 5.41) is 38.0. The van der Waals surface area contributed by atoms with Crippen LogP contribution in [0, 0.1) is 0 Å². The zero-order chi connectivity index (χ0) is 17.0. The molecule has 0 amide bonds. The van der Waals surface area contributed by atoms with Crippen LogP contribution in [0.3, 0.4) is 0 Å². The molecule has 0 aromatic heterocycles. The Bertz CT molecular complexity index is 739. The summed E-state index contributed by atoms with van der Waals surface area (Å²) in [6.07, 6.45) is 0. The van der Waals surface area contributed by atoms with Gasteiger partial charge in [-0.25, -0.2) is 4.79 Å². The van der Waals surface area contributed by atoms with Gasteiger partial charge in [-0.05, 0) is 42.5 Å². The van der Waals surface area contributed by atoms with Gasteiger partial charge in [-0.1, -0.05) is 11.6 Å². The number of carboxylic acid groups (broad SMARTS) is 1. The Kier molecular flexibility index (Phi) is 4.95. The van der Waals surface area contributed by atoms with Crippen molar-refractivity contribution in [2.75, 3.05) is 5.32 Å². The topological polar surface area (TPSA) is 115 Å². The quantitative estimate of drug-likeness (QED) is 0.493. The number of halogens is 1. The van der Waals surface area contributed by atoms with Crippen LogP contribution in [0.15, 0.2) is 52.7 Å². The van der Waals surface area contributed by atoms with Gasteiger partial charge in [0.05, 0.1) is 16.3 Å². The predicted molar refractivity (Wildman–Crippen MR) is 85.5 cm³/mol. The Morgan fingerprint density at radius 3 is 2.30 bits per heavy atom. The van der Waals surface area contributed by atoms with Crippen LogP contribution in [0.25, 0.3) is 0 Å². The lowest BCUT2D eigenvalue weighted by Gasteiger charge is -2.19. The lowest BCUT2D eigenvalue weighted by molar-refractivity contribution is -0.118. The summed E-state index contributed by atoms with van der Waals surface area (Å²) in [7, 11) is 0. The van der Waals surface area contributed by atoms with Gasteiger partial charge in [0.1, 0.15) is 5.69 Å². The number of aromatic carboxylic acids is 1. The third-order valence-corrected chi connectivity index (χ3v) is 3.02. The standard InChI is InChI=1S/C15H14ClN3O4/c1-15(22,23)17-11-6-7-13(12(16)8-11)19-18-10-4-2-9(3-5-10)14(20)21/h2-8,17,22-23H,1H3,(H,20,21). The second-order valence-corrected chi connectivity index (χ2v) is 5.27. The monoisotopic (exact) mass is 335 g/mol. The first-order valence-corrected chi connectivity index (χ1v) is 6.90. The van der Waals surface area contributed by atoms with Gasteiger partial charge in [-0.2, -0.15) is 5.11 Å². The lowest BCUT2D eigenvalue weighted by Crippen LogP contribution is -2.33. The molecule has 120 valence electrons. The Labute approximate surface area is 136 Å². The summed E-state index contributed by atoms with van der Waals surface area (Å²) in [5.41, 5.74) is 1.43. The molecule has 7 nitrogen and oxygen atoms in total. The maximum Gasteiger partial charge on any atom is 0.335 e. The first-order chi connectivity index (χ1) is 10.7. The van der Waals surface area contributed by atoms with Crippen LogP contribution in [0.5, 0.6) is 0 Å². The Morgan fingerprint density at radius 1 is 1.13 bits per heavy atom. The number of rotatable bonds is 5. The van der Waals surface area contributed by atoms with Gasteiger partial charge in [0, 0.05) is 12.6 Å². The molecule has 8 heteroatoms. The van der Waals surface area contributed by atoms with Crippen molar-refractivity contribution in [3.63, 3.8) is 0 Å². The van der Waals surface area contributed by atoms with Crippen molar-refractivity contribution >= 4 is 34.6 Å². The Hall–Kier alpha value is -2.48. The molecule has 0 heterocycles. The van der Waals surface area contributed by atoms with Gasteiger partial charge in [0.15, 0.2) is 0 Å². The molecule has 0 aliphatic carbocycles. The summed E-state index contributed by atoms with van der Waals surface area (Å²) in [5.74, 6) is -3.07. The summed E-state index contributed by atoms with van der Waals surface area (Å²) in [6, 6.07) is 10.5. The van der Waals surface area contributed by atoms with Crippen LogP contribution in [-0.2, 0) is 0 Å². The molecule has 23 heavy (non-hydrogen) atoms. The average Bonchev–Trinajstić information content (AvgIpc) is 2.45. The molecule has 4 N–H and O–H groups in total. The molecule has 0 aliphatic rings. The zero-order valence-electron chi connectivity index (χ0n) is 12.1. The molecule has 0 atom stereocenters. The number of nitrogens with zero attached hydrogens (tertiary/aromatic N) is 2. The molecule has 0 spiro atoms. The second-order valence-electron chi connectivity index (χ2n) is 4.86. The van der Waals surface area contributed by atoms with Crippen molar-refractivity contribution in [1.29, 1.82) is 0 Å². The SMILES string of the molecule is CC(O)(O)Nc1ccc(N=Nc2ccc(C(=O)O)cc2)c(Cl)c1. The Morgan fingerprint density at radius 2 is 1.78 bits per heavy atom. The second kappa shape index (κ2) is 6.74. The van der Waals surface area contributed by atoms with E-state index in [2.05, 4.69) is 15.5 Å². The van der Waals surface area contributed by atoms with Crippen molar-refractivity contribution in [3.05, 3.63) is 53.1 Å². The smallest absolute Gasteiger partial charge is 0.335 e. The predicted octanol–water partition coefficient (Wildman–Crippen LogP) is 3.52. The summed E-state index contributed by atoms with van der Waals surface area (Å²) in [4.78, 5) is 10.8. The van der Waals surface area contributed by atoms with E-state index in [4.69, 9.17) is 16.7 Å². The molecule has 2 rings (SSSR count). The summed E-state index contributed by atoms with van der Waals surface area (Å²) < 4.78 is 0. The highest BCUT2D eigenvalue weighted by Crippen LogP contribution is 2.30. The van der Waals surface area contributed by atoms with Crippen LogP contribution >= 0.6 is 11.6 Å². The number of nitrogens with one attached hydrogen (secondary N) is 1. The molecular weight excluding hydrogens is 322 g/mol. The maximum atomic E-state index is 10.8. The van der Waals surface area contributed by atoms with E-state index in [1.165, 1.54) is 37.3 Å². The van der Waals surface area contributed by atoms with Crippen molar-refractivity contribution in [2.45, 2.75) is 12.8 Å². The van der Waals surface area contributed by atoms with Crippen LogP contribution in [0.2, 0.25) is 5.02 Å². The molecule has 2 aromatic carbocycles. The number of hydrogen-bond donors (Lipinski definition) is 4. The highest BCUT2D eigenvalue weighted by Gasteiger charge is 2.14. The fourth-order valence-corrected chi connectivity index (χ4v) is 1.94. The number of azo groups is 1. The highest BCUT2D eigenvalue weighted by atomic mass is 35.5. The third-order valence-electron chi connectivity index (χ3n) is 2.72. The molecule has 0 aliphatic heterocycles. The average molecular weight is 336 g/mol. The van der Waals surface area contributed by atoms with E-state index in [1.807, 2.05) is 0 Å². The third kappa shape index (κ3) is 5.03. The van der Waals surface area contributed by atoms with E-state index in [1.54, 1.807) is 12.1 Å². The van der Waals surface area contributed by atoms with Crippen molar-refractivity contribution < 1.29 is 20.1 Å². The highest BCUT2D eigenvalue weighted by molar-refractivity contribution is 6.33. The van der Waals surface area contributed by atoms with Crippen molar-refractivity contribution in [1.82, 2.24) is 0 Å². The molecule has 0 unspecified atom stereocenters. The number of carbonyl (C=O) groups is 1. The zero-order valence-corrected chi connectivity index (χ0v) is 12.8. The van der Waals surface area contributed by atoms with E-state index in [-0.39, 0.29) is 10.6 Å². The van der Waals surface area contributed by atoms with Crippen LogP contribution in [-0.4, -0.2) is 27.2 Å². The maximum absolute atomic E-state index is 10.8. The van der Waals surface area contributed by atoms with E-state index in [0.717, 1.165) is 0 Å². The van der Waals surface area contributed by atoms with Gasteiger partial charge in [-0.15, -0.1) is 5.11 Å². The lowest BCUT2D eigenvalue weighted by atomic mass is 10.2. The molecular formula is C15H14ClN3O4. The number of benzene rings is 2. The van der Waals surface area contributed by atoms with E-state index < -0.39 is 11.9 Å². The molecule has 0 bridgehead atoms. The minimum absolute atomic E-state index is 0.161. The van der Waals surface area contributed by atoms with Crippen molar-refractivity contribution in [2.24, 2.45) is 10.2 Å².